The van der Waals surface area contributed by atoms with Crippen LogP contribution in [0.25, 0.3) is 11.0 Å². The molecule has 0 saturated heterocycles. The van der Waals surface area contributed by atoms with Gasteiger partial charge >= 0.3 is 11.6 Å². The van der Waals surface area contributed by atoms with Crippen LogP contribution in [-0.4, -0.2) is 18.5 Å². The van der Waals surface area contributed by atoms with Crippen LogP contribution in [-0.2, 0) is 22.4 Å². The summed E-state index contributed by atoms with van der Waals surface area (Å²) in [5.41, 5.74) is 2.56. The topological polar surface area (TPSA) is 85.6 Å². The Hall–Kier alpha value is -3.41. The Balaban J connectivity index is 1.41. The Morgan fingerprint density at radius 2 is 1.85 bits per heavy atom. The van der Waals surface area contributed by atoms with E-state index in [9.17, 15) is 14.4 Å². The number of aryl methyl sites for hydroxylation is 2. The Kier molecular flexibility index (Phi) is 4.46. The van der Waals surface area contributed by atoms with Crippen molar-refractivity contribution in [3.05, 3.63) is 75.6 Å². The minimum absolute atomic E-state index is 0.237. The molecule has 2 aromatic carbocycles. The van der Waals surface area contributed by atoms with Gasteiger partial charge in [-0.2, -0.15) is 0 Å². The third-order valence-electron chi connectivity index (χ3n) is 4.58. The van der Waals surface area contributed by atoms with Gasteiger partial charge < -0.3 is 14.5 Å². The summed E-state index contributed by atoms with van der Waals surface area (Å²) in [5.74, 6) is -1.36. The lowest BCUT2D eigenvalue weighted by molar-refractivity contribution is -0.119. The fourth-order valence-electron chi connectivity index (χ4n) is 3.26. The van der Waals surface area contributed by atoms with E-state index in [-0.39, 0.29) is 5.56 Å². The number of carbonyl (C=O) groups is 2. The molecule has 0 unspecified atom stereocenters. The van der Waals surface area contributed by atoms with E-state index in [0.717, 1.165) is 19.3 Å². The number of ether oxygens (including phenoxy) is 1. The van der Waals surface area contributed by atoms with Crippen molar-refractivity contribution >= 4 is 28.5 Å². The predicted molar refractivity (Wildman–Crippen MR) is 99.9 cm³/mol. The van der Waals surface area contributed by atoms with Gasteiger partial charge in [0.05, 0.1) is 0 Å². The zero-order valence-corrected chi connectivity index (χ0v) is 14.5. The van der Waals surface area contributed by atoms with Gasteiger partial charge in [0, 0.05) is 11.1 Å². The molecule has 1 aliphatic rings. The van der Waals surface area contributed by atoms with Crippen molar-refractivity contribution in [2.24, 2.45) is 0 Å². The van der Waals surface area contributed by atoms with Gasteiger partial charge in [0.2, 0.25) is 0 Å². The molecular weight excluding hydrogens is 346 g/mol. The van der Waals surface area contributed by atoms with Crippen molar-refractivity contribution in [2.75, 3.05) is 11.9 Å². The molecule has 1 amide bonds. The summed E-state index contributed by atoms with van der Waals surface area (Å²) < 4.78 is 10.1. The molecule has 1 N–H and O–H groups in total. The number of carbonyl (C=O) groups excluding carboxylic acids is 2. The molecule has 3 aromatic rings. The minimum atomic E-state index is -0.890. The average Bonchev–Trinajstić information content (AvgIpc) is 3.13. The first-order valence-corrected chi connectivity index (χ1v) is 8.72. The van der Waals surface area contributed by atoms with Crippen molar-refractivity contribution in [3.63, 3.8) is 0 Å². The lowest BCUT2D eigenvalue weighted by atomic mass is 10.1. The maximum absolute atomic E-state index is 12.2. The summed E-state index contributed by atoms with van der Waals surface area (Å²) in [6.07, 6.45) is 3.19. The molecule has 0 atom stereocenters. The predicted octanol–water partition coefficient (Wildman–Crippen LogP) is 3.08. The number of amides is 1. The molecule has 0 aliphatic heterocycles. The zero-order valence-electron chi connectivity index (χ0n) is 14.5. The summed E-state index contributed by atoms with van der Waals surface area (Å²) >= 11 is 0. The van der Waals surface area contributed by atoms with Crippen LogP contribution < -0.4 is 10.9 Å². The molecule has 1 aromatic heterocycles. The lowest BCUT2D eigenvalue weighted by Gasteiger charge is -2.08. The van der Waals surface area contributed by atoms with Crippen molar-refractivity contribution in [2.45, 2.75) is 19.3 Å². The molecule has 1 heterocycles. The van der Waals surface area contributed by atoms with E-state index in [1.54, 1.807) is 24.3 Å². The molecule has 4 rings (SSSR count). The standard InChI is InChI=1S/C21H17NO5/c23-19(22-16-9-8-13-5-3-6-14(13)10-16)12-26-20(24)17-11-15-4-1-2-7-18(15)27-21(17)25/h1-2,4,7-11H,3,5-6,12H2,(H,22,23). The highest BCUT2D eigenvalue weighted by Gasteiger charge is 2.17. The molecule has 0 radical (unpaired) electrons. The average molecular weight is 363 g/mol. The second kappa shape index (κ2) is 7.07. The largest absolute Gasteiger partial charge is 0.452 e. The Labute approximate surface area is 154 Å². The number of benzene rings is 2. The number of hydrogen-bond donors (Lipinski definition) is 1. The second-order valence-electron chi connectivity index (χ2n) is 6.45. The molecule has 6 heteroatoms. The van der Waals surface area contributed by atoms with Gasteiger partial charge in [0.15, 0.2) is 6.61 Å². The van der Waals surface area contributed by atoms with E-state index in [1.807, 2.05) is 18.2 Å². The molecule has 0 bridgehead atoms. The summed E-state index contributed by atoms with van der Waals surface area (Å²) in [4.78, 5) is 36.2. The first kappa shape index (κ1) is 17.0. The highest BCUT2D eigenvalue weighted by atomic mass is 16.5. The van der Waals surface area contributed by atoms with E-state index in [0.29, 0.717) is 16.7 Å². The molecule has 136 valence electrons. The summed E-state index contributed by atoms with van der Waals surface area (Å²) in [6, 6.07) is 14.0. The maximum Gasteiger partial charge on any atom is 0.351 e. The zero-order chi connectivity index (χ0) is 18.8. The number of para-hydroxylation sites is 1. The Bertz CT molecular complexity index is 1100. The normalized spacial score (nSPS) is 12.6. The van der Waals surface area contributed by atoms with Crippen molar-refractivity contribution < 1.29 is 18.7 Å². The Morgan fingerprint density at radius 1 is 1.04 bits per heavy atom. The van der Waals surface area contributed by atoms with E-state index in [4.69, 9.17) is 9.15 Å². The highest BCUT2D eigenvalue weighted by Crippen LogP contribution is 2.24. The minimum Gasteiger partial charge on any atom is -0.452 e. The number of rotatable bonds is 4. The third-order valence-corrected chi connectivity index (χ3v) is 4.58. The Morgan fingerprint density at radius 3 is 2.74 bits per heavy atom. The first-order valence-electron chi connectivity index (χ1n) is 8.72. The SMILES string of the molecule is O=C(COC(=O)c1cc2ccccc2oc1=O)Nc1ccc2c(c1)CCC2. The van der Waals surface area contributed by atoms with Gasteiger partial charge in [-0.05, 0) is 54.7 Å². The molecule has 0 spiro atoms. The van der Waals surface area contributed by atoms with E-state index in [2.05, 4.69) is 5.32 Å². The number of anilines is 1. The van der Waals surface area contributed by atoms with Gasteiger partial charge in [-0.1, -0.05) is 24.3 Å². The monoisotopic (exact) mass is 363 g/mol. The molecule has 0 fully saturated rings. The van der Waals surface area contributed by atoms with Crippen LogP contribution in [0.2, 0.25) is 0 Å². The van der Waals surface area contributed by atoms with E-state index in [1.165, 1.54) is 17.2 Å². The smallest absolute Gasteiger partial charge is 0.351 e. The molecular formula is C21H17NO5. The van der Waals surface area contributed by atoms with Gasteiger partial charge in [-0.3, -0.25) is 4.79 Å². The van der Waals surface area contributed by atoms with Crippen LogP contribution in [0, 0.1) is 0 Å². The van der Waals surface area contributed by atoms with E-state index < -0.39 is 24.1 Å². The third kappa shape index (κ3) is 3.60. The lowest BCUT2D eigenvalue weighted by Crippen LogP contribution is -2.23. The van der Waals surface area contributed by atoms with Crippen LogP contribution >= 0.6 is 0 Å². The number of nitrogens with one attached hydrogen (secondary N) is 1. The summed E-state index contributed by atoms with van der Waals surface area (Å²) in [7, 11) is 0. The fourth-order valence-corrected chi connectivity index (χ4v) is 3.26. The molecule has 6 nitrogen and oxygen atoms in total. The highest BCUT2D eigenvalue weighted by molar-refractivity contribution is 5.96. The molecule has 0 saturated carbocycles. The van der Waals surface area contributed by atoms with Crippen LogP contribution in [0.5, 0.6) is 0 Å². The van der Waals surface area contributed by atoms with Gasteiger partial charge in [0.25, 0.3) is 5.91 Å². The van der Waals surface area contributed by atoms with Crippen LogP contribution in [0.15, 0.2) is 57.7 Å². The van der Waals surface area contributed by atoms with Crippen molar-refractivity contribution in [1.29, 1.82) is 0 Å². The quantitative estimate of drug-likeness (QED) is 0.569. The summed E-state index contributed by atoms with van der Waals surface area (Å²) in [5, 5.41) is 3.31. The first-order chi connectivity index (χ1) is 13.1. The van der Waals surface area contributed by atoms with Crippen molar-refractivity contribution in [1.82, 2.24) is 0 Å². The van der Waals surface area contributed by atoms with Gasteiger partial charge in [-0.25, -0.2) is 9.59 Å². The van der Waals surface area contributed by atoms with E-state index >= 15 is 0 Å². The molecule has 27 heavy (non-hydrogen) atoms. The number of fused-ring (bicyclic) bond motifs is 2. The van der Waals surface area contributed by atoms with Gasteiger partial charge in [-0.15, -0.1) is 0 Å². The van der Waals surface area contributed by atoms with Crippen LogP contribution in [0.3, 0.4) is 0 Å². The van der Waals surface area contributed by atoms with Crippen molar-refractivity contribution in [3.8, 4) is 0 Å². The number of hydrogen-bond acceptors (Lipinski definition) is 5. The van der Waals surface area contributed by atoms with Crippen LogP contribution in [0.1, 0.15) is 27.9 Å². The van der Waals surface area contributed by atoms with Gasteiger partial charge in [0.1, 0.15) is 11.1 Å². The fraction of sp³-hybridized carbons (Fsp3) is 0.190. The number of esters is 1. The summed E-state index contributed by atoms with van der Waals surface area (Å²) in [6.45, 7) is -0.484. The van der Waals surface area contributed by atoms with Crippen LogP contribution in [0.4, 0.5) is 5.69 Å². The molecule has 1 aliphatic carbocycles. The maximum atomic E-state index is 12.2. The second-order valence-corrected chi connectivity index (χ2v) is 6.45.